The summed E-state index contributed by atoms with van der Waals surface area (Å²) in [5.41, 5.74) is -0.413. The van der Waals surface area contributed by atoms with Crippen molar-refractivity contribution in [3.63, 3.8) is 0 Å². The van der Waals surface area contributed by atoms with E-state index in [2.05, 4.69) is 16.2 Å². The van der Waals surface area contributed by atoms with Gasteiger partial charge in [-0.1, -0.05) is 19.0 Å². The van der Waals surface area contributed by atoms with E-state index in [-0.39, 0.29) is 16.6 Å². The molecule has 6 nitrogen and oxygen atoms in total. The van der Waals surface area contributed by atoms with Crippen LogP contribution in [0.5, 0.6) is 0 Å². The molecule has 0 spiro atoms. The van der Waals surface area contributed by atoms with E-state index in [0.717, 1.165) is 6.26 Å². The summed E-state index contributed by atoms with van der Waals surface area (Å²) in [6, 6.07) is 2.22. The molecule has 0 fully saturated rings. The SMILES string of the molecule is CCC(C#N)(CC)c1nc(-c2cscc2S(C)(=O)=O)no1. The van der Waals surface area contributed by atoms with E-state index in [0.29, 0.717) is 18.4 Å². The number of hydrogen-bond acceptors (Lipinski definition) is 7. The highest BCUT2D eigenvalue weighted by molar-refractivity contribution is 7.91. The maximum absolute atomic E-state index is 11.7. The molecular formula is C13H15N3O3S2. The second kappa shape index (κ2) is 5.58. The van der Waals surface area contributed by atoms with Gasteiger partial charge in [-0.2, -0.15) is 21.6 Å². The lowest BCUT2D eigenvalue weighted by Gasteiger charge is -2.17. The van der Waals surface area contributed by atoms with Crippen LogP contribution in [0.25, 0.3) is 11.4 Å². The van der Waals surface area contributed by atoms with Crippen molar-refractivity contribution in [2.75, 3.05) is 6.26 Å². The topological polar surface area (TPSA) is 96.8 Å². The Balaban J connectivity index is 2.52. The van der Waals surface area contributed by atoms with Gasteiger partial charge in [0.1, 0.15) is 5.41 Å². The van der Waals surface area contributed by atoms with Crippen LogP contribution in [0.3, 0.4) is 0 Å². The van der Waals surface area contributed by atoms with Crippen LogP contribution in [0.15, 0.2) is 20.2 Å². The molecule has 2 rings (SSSR count). The molecule has 0 saturated heterocycles. The maximum atomic E-state index is 11.7. The van der Waals surface area contributed by atoms with Gasteiger partial charge in [0, 0.05) is 17.0 Å². The minimum Gasteiger partial charge on any atom is -0.337 e. The second-order valence-corrected chi connectivity index (χ2v) is 7.47. The van der Waals surface area contributed by atoms with E-state index < -0.39 is 15.3 Å². The maximum Gasteiger partial charge on any atom is 0.247 e. The molecule has 0 amide bonds. The van der Waals surface area contributed by atoms with E-state index in [9.17, 15) is 13.7 Å². The quantitative estimate of drug-likeness (QED) is 0.838. The summed E-state index contributed by atoms with van der Waals surface area (Å²) in [6.45, 7) is 3.76. The Morgan fingerprint density at radius 3 is 2.57 bits per heavy atom. The second-order valence-electron chi connectivity index (χ2n) is 4.75. The van der Waals surface area contributed by atoms with Gasteiger partial charge in [0.05, 0.1) is 16.5 Å². The Morgan fingerprint density at radius 2 is 2.05 bits per heavy atom. The molecule has 112 valence electrons. The number of aromatic nitrogens is 2. The fourth-order valence-corrected chi connectivity index (χ4v) is 4.20. The lowest BCUT2D eigenvalue weighted by atomic mass is 9.84. The zero-order valence-electron chi connectivity index (χ0n) is 12.0. The number of nitrogens with zero attached hydrogens (tertiary/aromatic N) is 3. The molecule has 0 aliphatic carbocycles. The molecule has 0 aliphatic heterocycles. The third kappa shape index (κ3) is 2.71. The molecule has 0 aliphatic rings. The van der Waals surface area contributed by atoms with Crippen molar-refractivity contribution < 1.29 is 12.9 Å². The normalized spacial score (nSPS) is 12.3. The molecule has 0 saturated carbocycles. The monoisotopic (exact) mass is 325 g/mol. The Kier molecular flexibility index (Phi) is 4.16. The zero-order valence-corrected chi connectivity index (χ0v) is 13.6. The number of hydrogen-bond donors (Lipinski definition) is 0. The lowest BCUT2D eigenvalue weighted by molar-refractivity contribution is 0.308. The fraction of sp³-hybridized carbons (Fsp3) is 0.462. The Morgan fingerprint density at radius 1 is 1.38 bits per heavy atom. The van der Waals surface area contributed by atoms with Gasteiger partial charge >= 0.3 is 0 Å². The molecule has 0 radical (unpaired) electrons. The summed E-state index contributed by atoms with van der Waals surface area (Å²) in [7, 11) is -3.36. The Hall–Kier alpha value is -1.72. The predicted octanol–water partition coefficient (Wildman–Crippen LogP) is 2.78. The van der Waals surface area contributed by atoms with Crippen molar-refractivity contribution in [1.82, 2.24) is 10.1 Å². The summed E-state index contributed by atoms with van der Waals surface area (Å²) in [4.78, 5) is 4.43. The number of thiophene rings is 1. The van der Waals surface area contributed by atoms with Gasteiger partial charge in [-0.25, -0.2) is 8.42 Å². The first kappa shape index (κ1) is 15.7. The van der Waals surface area contributed by atoms with Crippen LogP contribution >= 0.6 is 11.3 Å². The van der Waals surface area contributed by atoms with Crippen LogP contribution < -0.4 is 0 Å². The molecule has 8 heteroatoms. The Bertz CT molecular complexity index is 780. The highest BCUT2D eigenvalue weighted by Crippen LogP contribution is 2.33. The molecule has 2 heterocycles. The Labute approximate surface area is 127 Å². The van der Waals surface area contributed by atoms with Crippen LogP contribution in [0.1, 0.15) is 32.6 Å². The largest absolute Gasteiger partial charge is 0.337 e. The van der Waals surface area contributed by atoms with Crippen molar-refractivity contribution >= 4 is 21.2 Å². The van der Waals surface area contributed by atoms with E-state index in [4.69, 9.17) is 4.52 Å². The highest BCUT2D eigenvalue weighted by Gasteiger charge is 2.35. The van der Waals surface area contributed by atoms with Crippen LogP contribution in [0.4, 0.5) is 0 Å². The first-order chi connectivity index (χ1) is 9.88. The van der Waals surface area contributed by atoms with Gasteiger partial charge in [0.15, 0.2) is 9.84 Å². The van der Waals surface area contributed by atoms with Gasteiger partial charge in [-0.05, 0) is 12.8 Å². The average Bonchev–Trinajstić information content (AvgIpc) is 3.09. The third-order valence-corrected chi connectivity index (χ3v) is 5.55. The van der Waals surface area contributed by atoms with Gasteiger partial charge in [-0.15, -0.1) is 0 Å². The van der Waals surface area contributed by atoms with E-state index >= 15 is 0 Å². The predicted molar refractivity (Wildman–Crippen MR) is 78.6 cm³/mol. The van der Waals surface area contributed by atoms with Crippen LogP contribution in [0.2, 0.25) is 0 Å². The first-order valence-corrected chi connectivity index (χ1v) is 9.23. The van der Waals surface area contributed by atoms with Crippen molar-refractivity contribution in [1.29, 1.82) is 5.26 Å². The molecule has 0 N–H and O–H groups in total. The van der Waals surface area contributed by atoms with Crippen molar-refractivity contribution in [2.45, 2.75) is 37.0 Å². The van der Waals surface area contributed by atoms with Crippen molar-refractivity contribution in [2.24, 2.45) is 0 Å². The first-order valence-electron chi connectivity index (χ1n) is 6.40. The molecule has 21 heavy (non-hydrogen) atoms. The number of rotatable bonds is 5. The van der Waals surface area contributed by atoms with E-state index in [1.54, 1.807) is 5.38 Å². The number of sulfone groups is 1. The third-order valence-electron chi connectivity index (χ3n) is 3.52. The molecule has 0 unspecified atom stereocenters. The molecule has 2 aromatic rings. The van der Waals surface area contributed by atoms with Gasteiger partial charge in [-0.3, -0.25) is 0 Å². The average molecular weight is 325 g/mol. The minimum absolute atomic E-state index is 0.176. The minimum atomic E-state index is -3.36. The van der Waals surface area contributed by atoms with Gasteiger partial charge in [0.25, 0.3) is 0 Å². The summed E-state index contributed by atoms with van der Waals surface area (Å²) in [5, 5.41) is 16.4. The van der Waals surface area contributed by atoms with Crippen molar-refractivity contribution in [3.8, 4) is 17.5 Å². The summed E-state index contributed by atoms with van der Waals surface area (Å²) in [6.07, 6.45) is 2.23. The van der Waals surface area contributed by atoms with Crippen LogP contribution in [-0.4, -0.2) is 24.8 Å². The van der Waals surface area contributed by atoms with Gasteiger partial charge < -0.3 is 4.52 Å². The molecular weight excluding hydrogens is 310 g/mol. The molecule has 2 aromatic heterocycles. The molecule has 0 bridgehead atoms. The molecule has 0 atom stereocenters. The van der Waals surface area contributed by atoms with Crippen LogP contribution in [0, 0.1) is 11.3 Å². The highest BCUT2D eigenvalue weighted by atomic mass is 32.2. The lowest BCUT2D eigenvalue weighted by Crippen LogP contribution is -2.22. The zero-order chi connectivity index (χ0) is 15.7. The summed E-state index contributed by atoms with van der Waals surface area (Å²) < 4.78 is 28.7. The summed E-state index contributed by atoms with van der Waals surface area (Å²) >= 11 is 1.26. The molecule has 0 aromatic carbocycles. The summed E-state index contributed by atoms with van der Waals surface area (Å²) in [5.74, 6) is 0.434. The van der Waals surface area contributed by atoms with Crippen molar-refractivity contribution in [3.05, 3.63) is 16.7 Å². The van der Waals surface area contributed by atoms with E-state index in [1.807, 2.05) is 13.8 Å². The smallest absolute Gasteiger partial charge is 0.247 e. The van der Waals surface area contributed by atoms with Gasteiger partial charge in [0.2, 0.25) is 11.7 Å². The van der Waals surface area contributed by atoms with E-state index in [1.165, 1.54) is 16.7 Å². The number of nitriles is 1. The standard InChI is InChI=1S/C13H15N3O3S2/c1-4-13(5-2,8-14)12-15-11(16-19-12)9-6-20-7-10(9)21(3,17)18/h6-7H,4-5H2,1-3H3. The fourth-order valence-electron chi connectivity index (χ4n) is 2.02. The van der Waals surface area contributed by atoms with Crippen LogP contribution in [-0.2, 0) is 15.3 Å².